The van der Waals surface area contributed by atoms with E-state index in [1.165, 1.54) is 283 Å². The summed E-state index contributed by atoms with van der Waals surface area (Å²) in [4.78, 5) is 73.4. The van der Waals surface area contributed by atoms with E-state index in [1.54, 1.807) is 0 Å². The lowest BCUT2D eigenvalue weighted by atomic mass is 9.99. The van der Waals surface area contributed by atoms with Crippen LogP contribution in [0.25, 0.3) is 0 Å². The minimum absolute atomic E-state index is 0.108. The Morgan fingerprint density at radius 3 is 0.704 bits per heavy atom. The number of aliphatic hydroxyl groups excluding tert-OH is 1. The minimum Gasteiger partial charge on any atom is -0.462 e. The summed E-state index contributed by atoms with van der Waals surface area (Å²) in [6.45, 7) is 12.1. The number of phosphoric acid groups is 2. The van der Waals surface area contributed by atoms with Crippen LogP contribution in [0.15, 0.2) is 0 Å². The lowest BCUT2D eigenvalue weighted by Crippen LogP contribution is -2.30. The van der Waals surface area contributed by atoms with Crippen LogP contribution in [0.3, 0.4) is 0 Å². The van der Waals surface area contributed by atoms with Gasteiger partial charge in [-0.3, -0.25) is 37.3 Å². The lowest BCUT2D eigenvalue weighted by molar-refractivity contribution is -0.161. The van der Waals surface area contributed by atoms with E-state index in [-0.39, 0.29) is 25.7 Å². The van der Waals surface area contributed by atoms with Crippen LogP contribution >= 0.6 is 15.6 Å². The molecule has 6 atom stereocenters. The molecule has 3 unspecified atom stereocenters. The van der Waals surface area contributed by atoms with E-state index in [1.807, 2.05) is 0 Å². The number of hydrogen-bond acceptors (Lipinski definition) is 15. The molecule has 3 N–H and O–H groups in total. The first-order valence-corrected chi connectivity index (χ1v) is 48.9. The molecule has 0 fully saturated rings. The van der Waals surface area contributed by atoms with E-state index >= 15 is 0 Å². The second kappa shape index (κ2) is 78.9. The van der Waals surface area contributed by atoms with Crippen molar-refractivity contribution in [2.45, 2.75) is 491 Å². The number of carbonyl (C=O) groups excluding carboxylic acids is 4. The molecule has 0 spiro atoms. The van der Waals surface area contributed by atoms with Crippen LogP contribution in [-0.2, 0) is 65.4 Å². The summed E-state index contributed by atoms with van der Waals surface area (Å²) < 4.78 is 69.0. The van der Waals surface area contributed by atoms with Crippen molar-refractivity contribution >= 4 is 39.5 Å². The summed E-state index contributed by atoms with van der Waals surface area (Å²) in [5, 5.41) is 10.7. The van der Waals surface area contributed by atoms with Gasteiger partial charge in [0.25, 0.3) is 0 Å². The molecule has 108 heavy (non-hydrogen) atoms. The van der Waals surface area contributed by atoms with Gasteiger partial charge in [-0.15, -0.1) is 0 Å². The molecule has 0 heterocycles. The summed E-state index contributed by atoms with van der Waals surface area (Å²) in [5.41, 5.74) is 0. The minimum atomic E-state index is -4.97. The summed E-state index contributed by atoms with van der Waals surface area (Å²) in [5.74, 6) is 0.343. The van der Waals surface area contributed by atoms with Gasteiger partial charge in [-0.05, 0) is 43.4 Å². The Morgan fingerprint density at radius 2 is 0.472 bits per heavy atom. The van der Waals surface area contributed by atoms with Crippen molar-refractivity contribution in [1.82, 2.24) is 0 Å². The Morgan fingerprint density at radius 1 is 0.269 bits per heavy atom. The van der Waals surface area contributed by atoms with E-state index in [0.29, 0.717) is 25.7 Å². The second-order valence-corrected chi connectivity index (χ2v) is 36.1. The number of carbonyl (C=O) groups is 4. The monoisotopic (exact) mass is 1580 g/mol. The van der Waals surface area contributed by atoms with E-state index < -0.39 is 97.5 Å². The fraction of sp³-hybridized carbons (Fsp3) is 0.955. The third-order valence-electron chi connectivity index (χ3n) is 21.2. The molecule has 0 rings (SSSR count). The molecule has 0 aliphatic carbocycles. The van der Waals surface area contributed by atoms with E-state index in [9.17, 15) is 43.2 Å². The van der Waals surface area contributed by atoms with Gasteiger partial charge in [-0.2, -0.15) is 0 Å². The van der Waals surface area contributed by atoms with Gasteiger partial charge in [0.1, 0.15) is 19.3 Å². The highest BCUT2D eigenvalue weighted by Crippen LogP contribution is 2.45. The Hall–Kier alpha value is -1.94. The largest absolute Gasteiger partial charge is 0.472 e. The zero-order chi connectivity index (χ0) is 79.3. The molecule has 17 nitrogen and oxygen atoms in total. The molecule has 19 heteroatoms. The quantitative estimate of drug-likeness (QED) is 0.0222. The van der Waals surface area contributed by atoms with Crippen LogP contribution < -0.4 is 0 Å². The maximum Gasteiger partial charge on any atom is 0.472 e. The number of hydrogen-bond donors (Lipinski definition) is 3. The van der Waals surface area contributed by atoms with Gasteiger partial charge in [0.15, 0.2) is 12.2 Å². The Balaban J connectivity index is 5.25. The fourth-order valence-corrected chi connectivity index (χ4v) is 15.4. The predicted molar refractivity (Wildman–Crippen MR) is 446 cm³/mol. The predicted octanol–water partition coefficient (Wildman–Crippen LogP) is 27.3. The van der Waals surface area contributed by atoms with Crippen LogP contribution in [0, 0.1) is 17.8 Å². The Labute approximate surface area is 664 Å². The highest BCUT2D eigenvalue weighted by atomic mass is 31.2. The van der Waals surface area contributed by atoms with Gasteiger partial charge in [0.2, 0.25) is 0 Å². The standard InChI is InChI=1S/C89H174O17P2/c1-8-10-11-12-13-14-15-16-29-35-44-51-58-65-72-88(93)106-85(77-100-87(92)71-64-57-50-43-38-37-40-47-54-61-68-81(5)6)79-104-108(97,98)102-75-83(90)74-101-107(95,96)103-78-84(76-99-86(91)70-63-56-49-42-34-30-25-22-21-23-27-32-39-46-53-60-67-80(3)4)105-89(94)73-66-59-52-45-36-31-26-20-18-17-19-24-28-33-41-48-55-62-69-82(7)9-2/h80-85,90H,8-79H2,1-7H3,(H,95,96)(H,97,98)/t82?,83-,84-,85-/m1/s1. The zero-order valence-electron chi connectivity index (χ0n) is 71.3. The first-order chi connectivity index (χ1) is 52.3. The van der Waals surface area contributed by atoms with Crippen LogP contribution in [0.2, 0.25) is 0 Å². The van der Waals surface area contributed by atoms with Crippen molar-refractivity contribution < 1.29 is 80.2 Å². The molecule has 0 aliphatic rings. The number of ether oxygens (including phenoxy) is 4. The molecule has 0 amide bonds. The summed E-state index contributed by atoms with van der Waals surface area (Å²) in [6, 6.07) is 0. The normalized spacial score (nSPS) is 14.1. The molecule has 0 aliphatic heterocycles. The van der Waals surface area contributed by atoms with Crippen LogP contribution in [0.5, 0.6) is 0 Å². The summed E-state index contributed by atoms with van der Waals surface area (Å²) in [7, 11) is -9.93. The van der Waals surface area contributed by atoms with E-state index in [4.69, 9.17) is 37.0 Å². The van der Waals surface area contributed by atoms with Gasteiger partial charge in [0, 0.05) is 25.7 Å². The van der Waals surface area contributed by atoms with Crippen molar-refractivity contribution in [3.63, 3.8) is 0 Å². The third kappa shape index (κ3) is 80.7. The van der Waals surface area contributed by atoms with Gasteiger partial charge < -0.3 is 33.8 Å². The molecule has 0 aromatic carbocycles. The maximum atomic E-state index is 13.2. The molecular weight excluding hydrogens is 1400 g/mol. The van der Waals surface area contributed by atoms with Crippen molar-refractivity contribution in [3.8, 4) is 0 Å². The molecule has 0 radical (unpaired) electrons. The SMILES string of the molecule is CCCCCCCCCCCCCCCCC(=O)O[C@H](COC(=O)CCCCCCCCCCCCC(C)C)COP(=O)(O)OC[C@H](O)COP(=O)(O)OC[C@@H](COC(=O)CCCCCCCCCCCCCCCCCCC(C)C)OC(=O)CCCCCCCCCCCCCCCCCCCCC(C)CC. The highest BCUT2D eigenvalue weighted by molar-refractivity contribution is 7.47. The van der Waals surface area contributed by atoms with Crippen molar-refractivity contribution in [1.29, 1.82) is 0 Å². The molecule has 0 saturated heterocycles. The highest BCUT2D eigenvalue weighted by Gasteiger charge is 2.31. The van der Waals surface area contributed by atoms with Gasteiger partial charge in [0.05, 0.1) is 26.4 Å². The van der Waals surface area contributed by atoms with Gasteiger partial charge >= 0.3 is 39.5 Å². The second-order valence-electron chi connectivity index (χ2n) is 33.2. The van der Waals surface area contributed by atoms with E-state index in [2.05, 4.69) is 48.5 Å². The summed E-state index contributed by atoms with van der Waals surface area (Å²) in [6.07, 6.45) is 70.7. The van der Waals surface area contributed by atoms with Gasteiger partial charge in [-0.1, -0.05) is 421 Å². The number of unbranched alkanes of at least 4 members (excludes halogenated alkanes) is 54. The third-order valence-corrected chi connectivity index (χ3v) is 23.1. The number of phosphoric ester groups is 2. The first kappa shape index (κ1) is 106. The van der Waals surface area contributed by atoms with Crippen LogP contribution in [0.4, 0.5) is 0 Å². The number of rotatable bonds is 87. The fourth-order valence-electron chi connectivity index (χ4n) is 13.9. The number of aliphatic hydroxyl groups is 1. The van der Waals surface area contributed by atoms with Crippen LogP contribution in [-0.4, -0.2) is 96.7 Å². The Kier molecular flexibility index (Phi) is 77.5. The average molecular weight is 1580 g/mol. The molecule has 0 aromatic rings. The molecule has 0 aromatic heterocycles. The van der Waals surface area contributed by atoms with Crippen molar-refractivity contribution in [2.75, 3.05) is 39.6 Å². The molecule has 642 valence electrons. The zero-order valence-corrected chi connectivity index (χ0v) is 73.1. The topological polar surface area (TPSA) is 237 Å². The van der Waals surface area contributed by atoms with Crippen molar-refractivity contribution in [2.24, 2.45) is 17.8 Å². The van der Waals surface area contributed by atoms with E-state index in [0.717, 1.165) is 108 Å². The average Bonchev–Trinajstić information content (AvgIpc) is 0.899. The lowest BCUT2D eigenvalue weighted by Gasteiger charge is -2.21. The van der Waals surface area contributed by atoms with Gasteiger partial charge in [-0.25, -0.2) is 9.13 Å². The molecule has 0 bridgehead atoms. The molecule has 0 saturated carbocycles. The first-order valence-electron chi connectivity index (χ1n) is 45.9. The summed E-state index contributed by atoms with van der Waals surface area (Å²) >= 11 is 0. The Bertz CT molecular complexity index is 2080. The maximum absolute atomic E-state index is 13.2. The number of esters is 4. The molecular formula is C89H174O17P2. The smallest absolute Gasteiger partial charge is 0.462 e. The van der Waals surface area contributed by atoms with Crippen LogP contribution in [0.1, 0.15) is 472 Å². The van der Waals surface area contributed by atoms with Crippen molar-refractivity contribution in [3.05, 3.63) is 0 Å².